The van der Waals surface area contributed by atoms with E-state index in [0.717, 1.165) is 18.7 Å². The SMILES string of the molecule is Cc1ccc(CN2CC(C(=O)NCCC(=O)N3CCN(c4ccccc4)CC3)CC2=O)cc1. The van der Waals surface area contributed by atoms with Crippen LogP contribution in [0.5, 0.6) is 0 Å². The highest BCUT2D eigenvalue weighted by molar-refractivity contribution is 5.89. The van der Waals surface area contributed by atoms with Crippen molar-refractivity contribution in [1.82, 2.24) is 15.1 Å². The van der Waals surface area contributed by atoms with Crippen LogP contribution in [0.25, 0.3) is 0 Å². The number of piperazine rings is 1. The summed E-state index contributed by atoms with van der Waals surface area (Å²) in [5.41, 5.74) is 3.42. The Labute approximate surface area is 195 Å². The van der Waals surface area contributed by atoms with Gasteiger partial charge in [-0.3, -0.25) is 14.4 Å². The van der Waals surface area contributed by atoms with Crippen LogP contribution in [0.15, 0.2) is 54.6 Å². The smallest absolute Gasteiger partial charge is 0.225 e. The first-order valence-corrected chi connectivity index (χ1v) is 11.7. The summed E-state index contributed by atoms with van der Waals surface area (Å²) < 4.78 is 0. The minimum absolute atomic E-state index is 0.00286. The van der Waals surface area contributed by atoms with Crippen LogP contribution in [-0.4, -0.2) is 66.8 Å². The second kappa shape index (κ2) is 10.5. The Morgan fingerprint density at radius 2 is 1.67 bits per heavy atom. The Balaban J connectivity index is 1.17. The monoisotopic (exact) mass is 448 g/mol. The zero-order valence-electron chi connectivity index (χ0n) is 19.2. The Hall–Kier alpha value is -3.35. The molecule has 2 heterocycles. The van der Waals surface area contributed by atoms with Crippen LogP contribution in [0.1, 0.15) is 24.0 Å². The van der Waals surface area contributed by atoms with E-state index in [1.807, 2.05) is 54.3 Å². The number of rotatable bonds is 7. The first-order valence-electron chi connectivity index (χ1n) is 11.7. The summed E-state index contributed by atoms with van der Waals surface area (Å²) >= 11 is 0. The van der Waals surface area contributed by atoms with Crippen molar-refractivity contribution in [3.8, 4) is 0 Å². The molecule has 0 radical (unpaired) electrons. The summed E-state index contributed by atoms with van der Waals surface area (Å²) in [6.07, 6.45) is 0.512. The minimum Gasteiger partial charge on any atom is -0.368 e. The highest BCUT2D eigenvalue weighted by Gasteiger charge is 2.34. The van der Waals surface area contributed by atoms with Crippen molar-refractivity contribution in [2.75, 3.05) is 44.2 Å². The first-order chi connectivity index (χ1) is 16.0. The number of nitrogens with one attached hydrogen (secondary N) is 1. The van der Waals surface area contributed by atoms with Crippen LogP contribution >= 0.6 is 0 Å². The van der Waals surface area contributed by atoms with E-state index < -0.39 is 0 Å². The standard InChI is InChI=1S/C26H32N4O3/c1-20-7-9-21(10-8-20)18-30-19-22(17-25(30)32)26(33)27-12-11-24(31)29-15-13-28(14-16-29)23-5-3-2-4-6-23/h2-10,22H,11-19H2,1H3,(H,27,33). The predicted octanol–water partition coefficient (Wildman–Crippen LogP) is 2.20. The molecule has 0 aromatic heterocycles. The van der Waals surface area contributed by atoms with E-state index in [4.69, 9.17) is 0 Å². The van der Waals surface area contributed by atoms with Crippen molar-refractivity contribution in [1.29, 1.82) is 0 Å². The third kappa shape index (κ3) is 5.92. The van der Waals surface area contributed by atoms with Gasteiger partial charge in [-0.15, -0.1) is 0 Å². The summed E-state index contributed by atoms with van der Waals surface area (Å²) in [5, 5.41) is 2.87. The maximum absolute atomic E-state index is 12.6. The molecule has 1 N–H and O–H groups in total. The Kier molecular flexibility index (Phi) is 7.27. The molecule has 7 heteroatoms. The molecule has 2 fully saturated rings. The molecular formula is C26H32N4O3. The number of hydrogen-bond donors (Lipinski definition) is 1. The van der Waals surface area contributed by atoms with E-state index in [0.29, 0.717) is 32.7 Å². The van der Waals surface area contributed by atoms with Gasteiger partial charge < -0.3 is 20.0 Å². The Bertz CT molecular complexity index is 969. The maximum Gasteiger partial charge on any atom is 0.225 e. The van der Waals surface area contributed by atoms with Crippen LogP contribution in [-0.2, 0) is 20.9 Å². The fraction of sp³-hybridized carbons (Fsp3) is 0.423. The second-order valence-electron chi connectivity index (χ2n) is 8.91. The first kappa shape index (κ1) is 22.8. The van der Waals surface area contributed by atoms with Crippen molar-refractivity contribution in [2.24, 2.45) is 5.92 Å². The van der Waals surface area contributed by atoms with Crippen LogP contribution in [0.2, 0.25) is 0 Å². The van der Waals surface area contributed by atoms with Crippen molar-refractivity contribution < 1.29 is 14.4 Å². The van der Waals surface area contributed by atoms with Gasteiger partial charge >= 0.3 is 0 Å². The van der Waals surface area contributed by atoms with Gasteiger partial charge in [-0.2, -0.15) is 0 Å². The molecule has 1 atom stereocenters. The molecule has 2 saturated heterocycles. The summed E-state index contributed by atoms with van der Waals surface area (Å²) in [7, 11) is 0. The third-order valence-corrected chi connectivity index (χ3v) is 6.47. The molecule has 7 nitrogen and oxygen atoms in total. The lowest BCUT2D eigenvalue weighted by molar-refractivity contribution is -0.132. The van der Waals surface area contributed by atoms with Crippen molar-refractivity contribution >= 4 is 23.4 Å². The van der Waals surface area contributed by atoms with Crippen LogP contribution in [0, 0.1) is 12.8 Å². The number of anilines is 1. The third-order valence-electron chi connectivity index (χ3n) is 6.47. The van der Waals surface area contributed by atoms with E-state index in [2.05, 4.69) is 22.3 Å². The lowest BCUT2D eigenvalue weighted by atomic mass is 10.1. The van der Waals surface area contributed by atoms with Gasteiger partial charge in [0.05, 0.1) is 5.92 Å². The highest BCUT2D eigenvalue weighted by Crippen LogP contribution is 2.21. The molecule has 0 saturated carbocycles. The number of benzene rings is 2. The zero-order valence-corrected chi connectivity index (χ0v) is 19.2. The molecule has 2 aliphatic rings. The number of amides is 3. The van der Waals surface area contributed by atoms with Gasteiger partial charge in [-0.25, -0.2) is 0 Å². The van der Waals surface area contributed by atoms with Gasteiger partial charge in [0.1, 0.15) is 0 Å². The Morgan fingerprint density at radius 1 is 0.970 bits per heavy atom. The summed E-state index contributed by atoms with van der Waals surface area (Å²) in [6, 6.07) is 18.3. The zero-order chi connectivity index (χ0) is 23.2. The number of nitrogens with zero attached hydrogens (tertiary/aromatic N) is 3. The summed E-state index contributed by atoms with van der Waals surface area (Å²) in [4.78, 5) is 43.4. The molecule has 2 aromatic carbocycles. The average Bonchev–Trinajstić information content (AvgIpc) is 3.21. The molecule has 4 rings (SSSR count). The fourth-order valence-corrected chi connectivity index (χ4v) is 4.46. The van der Waals surface area contributed by atoms with E-state index in [-0.39, 0.29) is 36.5 Å². The molecule has 3 amide bonds. The van der Waals surface area contributed by atoms with Gasteiger partial charge in [0.2, 0.25) is 17.7 Å². The van der Waals surface area contributed by atoms with Gasteiger partial charge in [0.25, 0.3) is 0 Å². The summed E-state index contributed by atoms with van der Waals surface area (Å²) in [5.74, 6) is -0.432. The van der Waals surface area contributed by atoms with Crippen LogP contribution in [0.3, 0.4) is 0 Å². The number of carbonyl (C=O) groups excluding carboxylic acids is 3. The molecule has 33 heavy (non-hydrogen) atoms. The topological polar surface area (TPSA) is 73.0 Å². The fourth-order valence-electron chi connectivity index (χ4n) is 4.46. The largest absolute Gasteiger partial charge is 0.368 e. The molecule has 2 aliphatic heterocycles. The molecule has 0 aliphatic carbocycles. The van der Waals surface area contributed by atoms with E-state index in [9.17, 15) is 14.4 Å². The van der Waals surface area contributed by atoms with Crippen molar-refractivity contribution in [3.05, 3.63) is 65.7 Å². The van der Waals surface area contributed by atoms with Crippen LogP contribution in [0.4, 0.5) is 5.69 Å². The average molecular weight is 449 g/mol. The number of likely N-dealkylation sites (tertiary alicyclic amines) is 1. The predicted molar refractivity (Wildman–Crippen MR) is 128 cm³/mol. The molecule has 0 bridgehead atoms. The maximum atomic E-state index is 12.6. The Morgan fingerprint density at radius 3 is 2.36 bits per heavy atom. The minimum atomic E-state index is -0.354. The number of aryl methyl sites for hydroxylation is 1. The van der Waals surface area contributed by atoms with E-state index in [1.54, 1.807) is 4.90 Å². The van der Waals surface area contributed by atoms with E-state index in [1.165, 1.54) is 11.3 Å². The number of carbonyl (C=O) groups is 3. The molecule has 174 valence electrons. The summed E-state index contributed by atoms with van der Waals surface area (Å²) in [6.45, 7) is 6.27. The molecular weight excluding hydrogens is 416 g/mol. The van der Waals surface area contributed by atoms with Crippen LogP contribution < -0.4 is 10.2 Å². The van der Waals surface area contributed by atoms with Gasteiger partial charge in [-0.05, 0) is 24.6 Å². The molecule has 0 spiro atoms. The van der Waals surface area contributed by atoms with Gasteiger partial charge in [0, 0.05) is 64.3 Å². The number of para-hydroxylation sites is 1. The lowest BCUT2D eigenvalue weighted by Gasteiger charge is -2.36. The van der Waals surface area contributed by atoms with Gasteiger partial charge in [-0.1, -0.05) is 48.0 Å². The quantitative estimate of drug-likeness (QED) is 0.705. The lowest BCUT2D eigenvalue weighted by Crippen LogP contribution is -2.49. The molecule has 1 unspecified atom stereocenters. The highest BCUT2D eigenvalue weighted by atomic mass is 16.2. The normalized spacial score (nSPS) is 18.5. The van der Waals surface area contributed by atoms with E-state index >= 15 is 0 Å². The second-order valence-corrected chi connectivity index (χ2v) is 8.91. The number of hydrogen-bond acceptors (Lipinski definition) is 4. The molecule has 2 aromatic rings. The van der Waals surface area contributed by atoms with Crippen molar-refractivity contribution in [2.45, 2.75) is 26.3 Å². The van der Waals surface area contributed by atoms with Crippen molar-refractivity contribution in [3.63, 3.8) is 0 Å². The van der Waals surface area contributed by atoms with Gasteiger partial charge in [0.15, 0.2) is 0 Å².